The highest BCUT2D eigenvalue weighted by Gasteiger charge is 2.24. The average Bonchev–Trinajstić information content (AvgIpc) is 2.46. The number of carbonyl (C=O) groups is 1. The number of benzene rings is 1. The molecule has 1 fully saturated rings. The van der Waals surface area contributed by atoms with E-state index in [2.05, 4.69) is 17.1 Å². The maximum absolute atomic E-state index is 12.1. The molecule has 1 aromatic carbocycles. The largest absolute Gasteiger partial charge is 0.352 e. The van der Waals surface area contributed by atoms with E-state index < -0.39 is 0 Å². The smallest absolute Gasteiger partial charge is 0.224 e. The first-order valence-electron chi connectivity index (χ1n) is 6.83. The highest BCUT2D eigenvalue weighted by atomic mass is 16.1. The standard InChI is InChI=1S/C15H22N2O/c1-2-17-10-6-9-14(12-17)15(18)16-11-13-7-4-3-5-8-13/h3-5,7-8,14H,2,6,9-12H2,1H3,(H,16,18). The van der Waals surface area contributed by atoms with Gasteiger partial charge in [-0.05, 0) is 31.5 Å². The fourth-order valence-corrected chi connectivity index (χ4v) is 2.49. The SMILES string of the molecule is CCN1CCCC(C(=O)NCc2ccccc2)C1. The van der Waals surface area contributed by atoms with Crippen molar-refractivity contribution in [3.8, 4) is 0 Å². The van der Waals surface area contributed by atoms with Gasteiger partial charge in [-0.2, -0.15) is 0 Å². The summed E-state index contributed by atoms with van der Waals surface area (Å²) in [6, 6.07) is 10.1. The Morgan fingerprint density at radius 1 is 1.39 bits per heavy atom. The van der Waals surface area contributed by atoms with Gasteiger partial charge in [-0.15, -0.1) is 0 Å². The van der Waals surface area contributed by atoms with Crippen molar-refractivity contribution >= 4 is 5.91 Å². The number of likely N-dealkylation sites (tertiary alicyclic amines) is 1. The van der Waals surface area contributed by atoms with Gasteiger partial charge in [0, 0.05) is 13.1 Å². The van der Waals surface area contributed by atoms with Gasteiger partial charge in [0.1, 0.15) is 0 Å². The molecule has 0 spiro atoms. The zero-order valence-electron chi connectivity index (χ0n) is 11.1. The van der Waals surface area contributed by atoms with Gasteiger partial charge in [0.05, 0.1) is 5.92 Å². The Morgan fingerprint density at radius 3 is 2.89 bits per heavy atom. The van der Waals surface area contributed by atoms with E-state index in [-0.39, 0.29) is 11.8 Å². The molecule has 3 heteroatoms. The molecule has 1 amide bonds. The van der Waals surface area contributed by atoms with Crippen molar-refractivity contribution in [2.75, 3.05) is 19.6 Å². The molecule has 1 heterocycles. The molecule has 3 nitrogen and oxygen atoms in total. The fraction of sp³-hybridized carbons (Fsp3) is 0.533. The number of carbonyl (C=O) groups excluding carboxylic acids is 1. The molecule has 0 bridgehead atoms. The van der Waals surface area contributed by atoms with Gasteiger partial charge in [-0.1, -0.05) is 37.3 Å². The van der Waals surface area contributed by atoms with Crippen LogP contribution >= 0.6 is 0 Å². The topological polar surface area (TPSA) is 32.3 Å². The Labute approximate surface area is 109 Å². The van der Waals surface area contributed by atoms with Crippen LogP contribution in [0.5, 0.6) is 0 Å². The number of nitrogens with one attached hydrogen (secondary N) is 1. The molecular weight excluding hydrogens is 224 g/mol. The lowest BCUT2D eigenvalue weighted by Crippen LogP contribution is -2.42. The quantitative estimate of drug-likeness (QED) is 0.881. The molecule has 1 N–H and O–H groups in total. The summed E-state index contributed by atoms with van der Waals surface area (Å²) in [6.45, 7) is 5.89. The summed E-state index contributed by atoms with van der Waals surface area (Å²) in [5, 5.41) is 3.05. The summed E-state index contributed by atoms with van der Waals surface area (Å²) < 4.78 is 0. The van der Waals surface area contributed by atoms with Gasteiger partial charge >= 0.3 is 0 Å². The predicted octanol–water partition coefficient (Wildman–Crippen LogP) is 2.03. The first kappa shape index (κ1) is 13.1. The van der Waals surface area contributed by atoms with Crippen molar-refractivity contribution < 1.29 is 4.79 Å². The molecule has 18 heavy (non-hydrogen) atoms. The molecule has 1 aliphatic rings. The first-order valence-corrected chi connectivity index (χ1v) is 6.83. The van der Waals surface area contributed by atoms with E-state index in [1.807, 2.05) is 30.3 Å². The minimum atomic E-state index is 0.169. The summed E-state index contributed by atoms with van der Waals surface area (Å²) >= 11 is 0. The molecule has 1 aliphatic heterocycles. The molecule has 1 unspecified atom stereocenters. The molecule has 1 atom stereocenters. The van der Waals surface area contributed by atoms with Gasteiger partial charge in [0.25, 0.3) is 0 Å². The maximum Gasteiger partial charge on any atom is 0.224 e. The highest BCUT2D eigenvalue weighted by molar-refractivity contribution is 5.78. The number of nitrogens with zero attached hydrogens (tertiary/aromatic N) is 1. The number of hydrogen-bond acceptors (Lipinski definition) is 2. The van der Waals surface area contributed by atoms with Crippen LogP contribution in [-0.4, -0.2) is 30.4 Å². The second-order valence-corrected chi connectivity index (χ2v) is 4.94. The summed E-state index contributed by atoms with van der Waals surface area (Å²) in [5.41, 5.74) is 1.16. The number of piperidine rings is 1. The fourth-order valence-electron chi connectivity index (χ4n) is 2.49. The van der Waals surface area contributed by atoms with E-state index in [0.29, 0.717) is 6.54 Å². The van der Waals surface area contributed by atoms with Crippen LogP contribution < -0.4 is 5.32 Å². The van der Waals surface area contributed by atoms with E-state index in [0.717, 1.165) is 38.0 Å². The van der Waals surface area contributed by atoms with Crippen LogP contribution in [0.25, 0.3) is 0 Å². The van der Waals surface area contributed by atoms with Gasteiger partial charge in [-0.3, -0.25) is 4.79 Å². The Kier molecular flexibility index (Phi) is 4.76. The minimum Gasteiger partial charge on any atom is -0.352 e. The van der Waals surface area contributed by atoms with Crippen LogP contribution in [-0.2, 0) is 11.3 Å². The van der Waals surface area contributed by atoms with Crippen LogP contribution in [0, 0.1) is 5.92 Å². The van der Waals surface area contributed by atoms with Crippen LogP contribution in [0.2, 0.25) is 0 Å². The van der Waals surface area contributed by atoms with Crippen LogP contribution in [0.15, 0.2) is 30.3 Å². The van der Waals surface area contributed by atoms with Crippen molar-refractivity contribution in [2.45, 2.75) is 26.3 Å². The minimum absolute atomic E-state index is 0.169. The van der Waals surface area contributed by atoms with Crippen LogP contribution in [0.1, 0.15) is 25.3 Å². The van der Waals surface area contributed by atoms with E-state index in [1.165, 1.54) is 0 Å². The van der Waals surface area contributed by atoms with Crippen molar-refractivity contribution in [1.29, 1.82) is 0 Å². The van der Waals surface area contributed by atoms with E-state index >= 15 is 0 Å². The third-order valence-electron chi connectivity index (χ3n) is 3.63. The van der Waals surface area contributed by atoms with Gasteiger partial charge in [0.15, 0.2) is 0 Å². The number of amides is 1. The molecule has 0 aromatic heterocycles. The molecule has 0 radical (unpaired) electrons. The summed E-state index contributed by atoms with van der Waals surface area (Å²) in [4.78, 5) is 14.5. The first-order chi connectivity index (χ1) is 8.79. The second-order valence-electron chi connectivity index (χ2n) is 4.94. The molecular formula is C15H22N2O. The molecule has 1 aromatic rings. The summed E-state index contributed by atoms with van der Waals surface area (Å²) in [6.07, 6.45) is 2.16. The number of hydrogen-bond donors (Lipinski definition) is 1. The highest BCUT2D eigenvalue weighted by Crippen LogP contribution is 2.16. The Balaban J connectivity index is 1.81. The van der Waals surface area contributed by atoms with Gasteiger partial charge in [-0.25, -0.2) is 0 Å². The maximum atomic E-state index is 12.1. The van der Waals surface area contributed by atoms with E-state index in [4.69, 9.17) is 0 Å². The Morgan fingerprint density at radius 2 is 2.17 bits per heavy atom. The molecule has 0 saturated carbocycles. The summed E-state index contributed by atoms with van der Waals surface area (Å²) in [7, 11) is 0. The van der Waals surface area contributed by atoms with Crippen molar-refractivity contribution in [3.05, 3.63) is 35.9 Å². The van der Waals surface area contributed by atoms with E-state index in [9.17, 15) is 4.79 Å². The molecule has 1 saturated heterocycles. The zero-order chi connectivity index (χ0) is 12.8. The van der Waals surface area contributed by atoms with Crippen molar-refractivity contribution in [3.63, 3.8) is 0 Å². The average molecular weight is 246 g/mol. The normalized spacial score (nSPS) is 20.6. The zero-order valence-corrected chi connectivity index (χ0v) is 11.1. The lowest BCUT2D eigenvalue weighted by molar-refractivity contribution is -0.126. The van der Waals surface area contributed by atoms with Crippen LogP contribution in [0.3, 0.4) is 0 Å². The summed E-state index contributed by atoms with van der Waals surface area (Å²) in [5.74, 6) is 0.374. The molecule has 0 aliphatic carbocycles. The number of rotatable bonds is 4. The van der Waals surface area contributed by atoms with Crippen molar-refractivity contribution in [2.24, 2.45) is 5.92 Å². The Hall–Kier alpha value is -1.35. The lowest BCUT2D eigenvalue weighted by atomic mass is 9.97. The lowest BCUT2D eigenvalue weighted by Gasteiger charge is -2.30. The van der Waals surface area contributed by atoms with Crippen LogP contribution in [0.4, 0.5) is 0 Å². The second kappa shape index (κ2) is 6.55. The monoisotopic (exact) mass is 246 g/mol. The van der Waals surface area contributed by atoms with Crippen molar-refractivity contribution in [1.82, 2.24) is 10.2 Å². The Bertz CT molecular complexity index is 377. The van der Waals surface area contributed by atoms with Gasteiger partial charge < -0.3 is 10.2 Å². The molecule has 2 rings (SSSR count). The molecule has 98 valence electrons. The third kappa shape index (κ3) is 3.57. The third-order valence-corrected chi connectivity index (χ3v) is 3.63. The van der Waals surface area contributed by atoms with E-state index in [1.54, 1.807) is 0 Å². The van der Waals surface area contributed by atoms with Gasteiger partial charge in [0.2, 0.25) is 5.91 Å². The predicted molar refractivity (Wildman–Crippen MR) is 73.1 cm³/mol.